The van der Waals surface area contributed by atoms with Crippen LogP contribution in [-0.2, 0) is 14.4 Å². The van der Waals surface area contributed by atoms with E-state index in [1.54, 1.807) is 11.0 Å². The highest BCUT2D eigenvalue weighted by Gasteiger charge is 2.69. The number of fused-ring (bicyclic) bond motifs is 2. The molecule has 9 heteroatoms. The van der Waals surface area contributed by atoms with Gasteiger partial charge in [-0.25, -0.2) is 0 Å². The Hall–Kier alpha value is -3.20. The van der Waals surface area contributed by atoms with Crippen LogP contribution in [0.2, 0.25) is 0 Å². The molecule has 4 N–H and O–H groups in total. The number of piperidine rings is 1. The Kier molecular flexibility index (Phi) is 5.47. The van der Waals surface area contributed by atoms with Gasteiger partial charge in [0.25, 0.3) is 5.91 Å². The summed E-state index contributed by atoms with van der Waals surface area (Å²) in [5.41, 5.74) is 1.19. The first-order valence-electron chi connectivity index (χ1n) is 11.8. The largest absolute Gasteiger partial charge is 0.389 e. The van der Waals surface area contributed by atoms with Crippen LogP contribution in [0.3, 0.4) is 0 Å². The molecule has 3 aliphatic rings. The molecule has 1 saturated carbocycles. The molecule has 3 fully saturated rings. The van der Waals surface area contributed by atoms with Crippen LogP contribution in [0.15, 0.2) is 30.3 Å². The number of ketones is 1. The molecule has 5 unspecified atom stereocenters. The maximum absolute atomic E-state index is 13.5. The first kappa shape index (κ1) is 22.6. The summed E-state index contributed by atoms with van der Waals surface area (Å²) in [7, 11) is 0. The lowest BCUT2D eigenvalue weighted by atomic mass is 9.95. The average molecular weight is 467 g/mol. The van der Waals surface area contributed by atoms with Crippen molar-refractivity contribution in [3.05, 3.63) is 36.0 Å². The van der Waals surface area contributed by atoms with Gasteiger partial charge in [-0.1, -0.05) is 32.0 Å². The fourth-order valence-corrected chi connectivity index (χ4v) is 5.93. The average Bonchev–Trinajstić information content (AvgIpc) is 3.33. The minimum Gasteiger partial charge on any atom is -0.389 e. The van der Waals surface area contributed by atoms with Gasteiger partial charge in [0, 0.05) is 29.9 Å². The molecule has 1 aromatic carbocycles. The van der Waals surface area contributed by atoms with E-state index in [0.29, 0.717) is 25.2 Å². The second-order valence-electron chi connectivity index (χ2n) is 10.3. The summed E-state index contributed by atoms with van der Waals surface area (Å²) in [6, 6.07) is 7.70. The molecule has 2 saturated heterocycles. The second-order valence-corrected chi connectivity index (χ2v) is 10.3. The third-order valence-corrected chi connectivity index (χ3v) is 8.04. The Labute approximate surface area is 197 Å². The summed E-state index contributed by atoms with van der Waals surface area (Å²) in [4.78, 5) is 56.2. The summed E-state index contributed by atoms with van der Waals surface area (Å²) < 4.78 is 0. The number of aliphatic hydroxyl groups is 1. The Morgan fingerprint density at radius 1 is 1.26 bits per heavy atom. The first-order chi connectivity index (χ1) is 16.2. The number of carbonyl (C=O) groups excluding carboxylic acids is 4. The van der Waals surface area contributed by atoms with Crippen molar-refractivity contribution in [3.63, 3.8) is 0 Å². The van der Waals surface area contributed by atoms with E-state index in [1.807, 2.05) is 24.3 Å². The van der Waals surface area contributed by atoms with Crippen LogP contribution in [0.25, 0.3) is 10.9 Å². The number of nitrogens with zero attached hydrogens (tertiary/aromatic N) is 1. The van der Waals surface area contributed by atoms with Crippen LogP contribution in [0, 0.1) is 23.2 Å². The number of rotatable bonds is 7. The van der Waals surface area contributed by atoms with Crippen LogP contribution in [0.4, 0.5) is 0 Å². The Morgan fingerprint density at radius 3 is 2.71 bits per heavy atom. The summed E-state index contributed by atoms with van der Waals surface area (Å²) in [6.45, 7) is 4.46. The smallest absolute Gasteiger partial charge is 0.271 e. The molecule has 2 aromatic rings. The number of aromatic nitrogens is 1. The Balaban J connectivity index is 1.38. The topological polar surface area (TPSA) is 132 Å². The number of para-hydroxylation sites is 1. The molecule has 5 rings (SSSR count). The fourth-order valence-electron chi connectivity index (χ4n) is 5.93. The van der Waals surface area contributed by atoms with E-state index in [4.69, 9.17) is 0 Å². The van der Waals surface area contributed by atoms with E-state index in [2.05, 4.69) is 29.5 Å². The van der Waals surface area contributed by atoms with Gasteiger partial charge in [-0.2, -0.15) is 0 Å². The van der Waals surface area contributed by atoms with Crippen molar-refractivity contribution >= 4 is 34.4 Å². The molecular formula is C25H30N4O5. The van der Waals surface area contributed by atoms with Gasteiger partial charge in [-0.3, -0.25) is 19.2 Å². The van der Waals surface area contributed by atoms with E-state index in [1.165, 1.54) is 0 Å². The second kappa shape index (κ2) is 8.23. The molecule has 0 bridgehead atoms. The molecule has 9 nitrogen and oxygen atoms in total. The lowest BCUT2D eigenvalue weighted by Gasteiger charge is -2.31. The molecule has 5 atom stereocenters. The Bertz CT molecular complexity index is 1140. The highest BCUT2D eigenvalue weighted by molar-refractivity contribution is 6.01. The van der Waals surface area contributed by atoms with E-state index in [0.717, 1.165) is 10.9 Å². The van der Waals surface area contributed by atoms with E-state index in [9.17, 15) is 24.3 Å². The number of likely N-dealkylation sites (tertiary alicyclic amines) is 1. The minimum atomic E-state index is -0.975. The van der Waals surface area contributed by atoms with Crippen molar-refractivity contribution < 1.29 is 24.3 Å². The van der Waals surface area contributed by atoms with Crippen LogP contribution >= 0.6 is 0 Å². The van der Waals surface area contributed by atoms with Crippen molar-refractivity contribution in [2.75, 3.05) is 19.7 Å². The van der Waals surface area contributed by atoms with E-state index in [-0.39, 0.29) is 35.5 Å². The lowest BCUT2D eigenvalue weighted by Crippen LogP contribution is -2.54. The Morgan fingerprint density at radius 2 is 2.03 bits per heavy atom. The fraction of sp³-hybridized carbons (Fsp3) is 0.520. The first-order valence-corrected chi connectivity index (χ1v) is 11.8. The zero-order valence-corrected chi connectivity index (χ0v) is 19.3. The van der Waals surface area contributed by atoms with Crippen LogP contribution in [0.5, 0.6) is 0 Å². The van der Waals surface area contributed by atoms with Crippen molar-refractivity contribution in [1.29, 1.82) is 0 Å². The molecule has 0 radical (unpaired) electrons. The zero-order chi connectivity index (χ0) is 24.2. The number of Topliss-reactive ketones (excluding diaryl/α,β-unsaturated/α-hetero) is 1. The molecule has 180 valence electrons. The van der Waals surface area contributed by atoms with Crippen molar-refractivity contribution in [2.24, 2.45) is 23.2 Å². The van der Waals surface area contributed by atoms with E-state index < -0.39 is 36.3 Å². The highest BCUT2D eigenvalue weighted by atomic mass is 16.3. The minimum absolute atomic E-state index is 0.0134. The standard InChI is InChI=1S/C25H30N4O5/c1-25(2)15-11-29(24(34)18-9-13-5-3-4-6-16(13)27-18)21(20(15)25)23(33)28-17(19(31)12-30)10-14-7-8-26-22(14)32/h3-6,9,14-15,17,20-21,27,30H,7-8,10-12H2,1-2H3,(H,26,32)(H,28,33). The summed E-state index contributed by atoms with van der Waals surface area (Å²) in [6.07, 6.45) is 0.715. The summed E-state index contributed by atoms with van der Waals surface area (Å²) in [5.74, 6) is -1.55. The maximum Gasteiger partial charge on any atom is 0.271 e. The van der Waals surface area contributed by atoms with Crippen molar-refractivity contribution in [3.8, 4) is 0 Å². The van der Waals surface area contributed by atoms with Gasteiger partial charge in [0.2, 0.25) is 11.8 Å². The van der Waals surface area contributed by atoms with Gasteiger partial charge < -0.3 is 25.6 Å². The van der Waals surface area contributed by atoms with Crippen LogP contribution < -0.4 is 10.6 Å². The lowest BCUT2D eigenvalue weighted by molar-refractivity contribution is -0.133. The van der Waals surface area contributed by atoms with Gasteiger partial charge in [0.1, 0.15) is 18.3 Å². The van der Waals surface area contributed by atoms with Gasteiger partial charge >= 0.3 is 0 Å². The number of amides is 3. The molecule has 3 heterocycles. The third-order valence-electron chi connectivity index (χ3n) is 8.04. The monoisotopic (exact) mass is 466 g/mol. The number of H-pyrrole nitrogens is 1. The number of aliphatic hydroxyl groups excluding tert-OH is 1. The molecular weight excluding hydrogens is 436 g/mol. The van der Waals surface area contributed by atoms with E-state index >= 15 is 0 Å². The molecule has 0 spiro atoms. The zero-order valence-electron chi connectivity index (χ0n) is 19.3. The molecule has 1 aromatic heterocycles. The van der Waals surface area contributed by atoms with Gasteiger partial charge in [0.05, 0.1) is 6.04 Å². The summed E-state index contributed by atoms with van der Waals surface area (Å²) >= 11 is 0. The van der Waals surface area contributed by atoms with Crippen LogP contribution in [-0.4, -0.2) is 70.3 Å². The third kappa shape index (κ3) is 3.68. The number of nitrogens with one attached hydrogen (secondary N) is 3. The number of benzene rings is 1. The number of aromatic amines is 1. The molecule has 2 aliphatic heterocycles. The predicted octanol–water partition coefficient (Wildman–Crippen LogP) is 0.837. The van der Waals surface area contributed by atoms with Gasteiger partial charge in [-0.15, -0.1) is 0 Å². The van der Waals surface area contributed by atoms with Crippen molar-refractivity contribution in [1.82, 2.24) is 20.5 Å². The normalized spacial score (nSPS) is 27.9. The maximum atomic E-state index is 13.5. The predicted molar refractivity (Wildman–Crippen MR) is 124 cm³/mol. The number of carbonyl (C=O) groups is 4. The van der Waals surface area contributed by atoms with Gasteiger partial charge in [-0.05, 0) is 42.2 Å². The molecule has 3 amide bonds. The summed E-state index contributed by atoms with van der Waals surface area (Å²) in [5, 5.41) is 15.9. The quantitative estimate of drug-likeness (QED) is 0.480. The number of hydrogen-bond acceptors (Lipinski definition) is 5. The molecule has 34 heavy (non-hydrogen) atoms. The number of hydrogen-bond donors (Lipinski definition) is 4. The van der Waals surface area contributed by atoms with Crippen molar-refractivity contribution in [2.45, 2.75) is 38.8 Å². The van der Waals surface area contributed by atoms with Crippen LogP contribution in [0.1, 0.15) is 37.2 Å². The molecule has 1 aliphatic carbocycles. The highest BCUT2D eigenvalue weighted by Crippen LogP contribution is 2.65. The SMILES string of the molecule is CC1(C)C2CN(C(=O)c3cc4ccccc4[nH]3)C(C(=O)NC(CC3CCNC3=O)C(=O)CO)C21. The van der Waals surface area contributed by atoms with Gasteiger partial charge in [0.15, 0.2) is 5.78 Å².